The molecule has 1 saturated heterocycles. The van der Waals surface area contributed by atoms with Crippen LogP contribution in [0.4, 0.5) is 0 Å². The van der Waals surface area contributed by atoms with Gasteiger partial charge in [0.25, 0.3) is 5.91 Å². The summed E-state index contributed by atoms with van der Waals surface area (Å²) in [4.78, 5) is 22.0. The number of nitrogens with zero attached hydrogens (tertiary/aromatic N) is 6. The van der Waals surface area contributed by atoms with Gasteiger partial charge in [-0.1, -0.05) is 34.8 Å². The minimum absolute atomic E-state index is 0.0584. The Morgan fingerprint density at radius 3 is 2.59 bits per heavy atom. The van der Waals surface area contributed by atoms with E-state index in [2.05, 4.69) is 36.2 Å². The molecule has 1 aromatic carbocycles. The number of aromatic nitrogens is 4. The highest BCUT2D eigenvalue weighted by Gasteiger charge is 2.24. The highest BCUT2D eigenvalue weighted by molar-refractivity contribution is 7.07. The molecule has 2 aromatic heterocycles. The van der Waals surface area contributed by atoms with E-state index in [0.29, 0.717) is 4.88 Å². The topological polar surface area (TPSA) is 67.2 Å². The van der Waals surface area contributed by atoms with Gasteiger partial charge in [0, 0.05) is 57.2 Å². The molecule has 1 aliphatic rings. The SMILES string of the molecule is Cc1nnsc1C(=O)N1CCN(CCn2ccnc2-c2ccccc2)CC1. The van der Waals surface area contributed by atoms with Crippen LogP contribution in [0.3, 0.4) is 0 Å². The summed E-state index contributed by atoms with van der Waals surface area (Å²) in [5, 5.41) is 3.94. The molecule has 1 fully saturated rings. The number of piperazine rings is 1. The van der Waals surface area contributed by atoms with E-state index < -0.39 is 0 Å². The Kier molecular flexibility index (Phi) is 5.26. The van der Waals surface area contributed by atoms with Crippen LogP contribution in [0.2, 0.25) is 0 Å². The first kappa shape index (κ1) is 17.8. The van der Waals surface area contributed by atoms with Crippen LogP contribution < -0.4 is 0 Å². The Morgan fingerprint density at radius 1 is 1.11 bits per heavy atom. The van der Waals surface area contributed by atoms with Crippen LogP contribution in [-0.2, 0) is 6.54 Å². The van der Waals surface area contributed by atoms with Gasteiger partial charge in [-0.05, 0) is 18.5 Å². The van der Waals surface area contributed by atoms with Crippen molar-refractivity contribution in [3.8, 4) is 11.4 Å². The highest BCUT2D eigenvalue weighted by Crippen LogP contribution is 2.17. The number of rotatable bonds is 5. The van der Waals surface area contributed by atoms with Crippen LogP contribution in [0.25, 0.3) is 11.4 Å². The van der Waals surface area contributed by atoms with Gasteiger partial charge in [-0.3, -0.25) is 9.69 Å². The fraction of sp³-hybridized carbons (Fsp3) is 0.368. The van der Waals surface area contributed by atoms with Gasteiger partial charge in [0.15, 0.2) is 0 Å². The summed E-state index contributed by atoms with van der Waals surface area (Å²) in [5.41, 5.74) is 1.85. The molecule has 0 aliphatic carbocycles. The van der Waals surface area contributed by atoms with Crippen molar-refractivity contribution in [1.82, 2.24) is 28.9 Å². The fourth-order valence-electron chi connectivity index (χ4n) is 3.33. The molecule has 0 atom stereocenters. The zero-order valence-electron chi connectivity index (χ0n) is 15.3. The van der Waals surface area contributed by atoms with E-state index in [0.717, 1.165) is 56.4 Å². The summed E-state index contributed by atoms with van der Waals surface area (Å²) in [5.74, 6) is 1.06. The molecule has 1 aliphatic heterocycles. The monoisotopic (exact) mass is 382 g/mol. The van der Waals surface area contributed by atoms with Crippen molar-refractivity contribution in [2.75, 3.05) is 32.7 Å². The van der Waals surface area contributed by atoms with Crippen molar-refractivity contribution in [2.45, 2.75) is 13.5 Å². The molecule has 3 aromatic rings. The average molecular weight is 382 g/mol. The summed E-state index contributed by atoms with van der Waals surface area (Å²) >= 11 is 1.18. The van der Waals surface area contributed by atoms with E-state index in [9.17, 15) is 4.79 Å². The number of carbonyl (C=O) groups excluding carboxylic acids is 1. The molecule has 140 valence electrons. The van der Waals surface area contributed by atoms with E-state index >= 15 is 0 Å². The Bertz CT molecular complexity index is 898. The molecule has 0 saturated carbocycles. The van der Waals surface area contributed by atoms with Crippen molar-refractivity contribution < 1.29 is 4.79 Å². The van der Waals surface area contributed by atoms with Crippen LogP contribution in [0.5, 0.6) is 0 Å². The van der Waals surface area contributed by atoms with Gasteiger partial charge in [-0.2, -0.15) is 0 Å². The van der Waals surface area contributed by atoms with Gasteiger partial charge < -0.3 is 9.47 Å². The lowest BCUT2D eigenvalue weighted by molar-refractivity contribution is 0.0637. The number of benzene rings is 1. The number of aryl methyl sites for hydroxylation is 1. The van der Waals surface area contributed by atoms with E-state index in [4.69, 9.17) is 0 Å². The molecule has 1 amide bonds. The molecule has 0 bridgehead atoms. The van der Waals surface area contributed by atoms with Crippen LogP contribution in [-0.4, -0.2) is 67.6 Å². The van der Waals surface area contributed by atoms with Crippen LogP contribution in [0.15, 0.2) is 42.7 Å². The summed E-state index contributed by atoms with van der Waals surface area (Å²) in [6, 6.07) is 10.2. The summed E-state index contributed by atoms with van der Waals surface area (Å²) in [7, 11) is 0. The molecule has 0 unspecified atom stereocenters. The summed E-state index contributed by atoms with van der Waals surface area (Å²) < 4.78 is 6.06. The third kappa shape index (κ3) is 3.91. The first-order valence-corrected chi connectivity index (χ1v) is 9.87. The molecule has 4 rings (SSSR count). The standard InChI is InChI=1S/C19H22N6OS/c1-15-17(27-22-21-15)19(26)25-13-10-23(11-14-25)9-12-24-8-7-20-18(24)16-5-3-2-4-6-16/h2-8H,9-14H2,1H3. The van der Waals surface area contributed by atoms with Gasteiger partial charge in [0.1, 0.15) is 10.7 Å². The minimum atomic E-state index is 0.0584. The molecule has 8 heteroatoms. The van der Waals surface area contributed by atoms with E-state index in [-0.39, 0.29) is 5.91 Å². The minimum Gasteiger partial charge on any atom is -0.335 e. The van der Waals surface area contributed by atoms with Crippen molar-refractivity contribution in [3.63, 3.8) is 0 Å². The maximum Gasteiger partial charge on any atom is 0.267 e. The van der Waals surface area contributed by atoms with Crippen LogP contribution >= 0.6 is 11.5 Å². The molecule has 7 nitrogen and oxygen atoms in total. The first-order chi connectivity index (χ1) is 13.2. The predicted octanol–water partition coefficient (Wildman–Crippen LogP) is 2.17. The lowest BCUT2D eigenvalue weighted by Crippen LogP contribution is -2.49. The lowest BCUT2D eigenvalue weighted by atomic mass is 10.2. The normalized spacial score (nSPS) is 15.2. The van der Waals surface area contributed by atoms with Crippen molar-refractivity contribution in [2.24, 2.45) is 0 Å². The van der Waals surface area contributed by atoms with Gasteiger partial charge in [0.05, 0.1) is 5.69 Å². The second kappa shape index (κ2) is 7.98. The summed E-state index contributed by atoms with van der Waals surface area (Å²) in [6.07, 6.45) is 3.88. The van der Waals surface area contributed by atoms with Gasteiger partial charge in [0.2, 0.25) is 0 Å². The first-order valence-electron chi connectivity index (χ1n) is 9.09. The van der Waals surface area contributed by atoms with Gasteiger partial charge in [-0.15, -0.1) is 5.10 Å². The second-order valence-electron chi connectivity index (χ2n) is 6.63. The molecular formula is C19H22N6OS. The molecule has 0 radical (unpaired) electrons. The Hall–Kier alpha value is -2.58. The Balaban J connectivity index is 1.31. The van der Waals surface area contributed by atoms with Crippen molar-refractivity contribution in [1.29, 1.82) is 0 Å². The number of amides is 1. The Morgan fingerprint density at radius 2 is 1.89 bits per heavy atom. The quantitative estimate of drug-likeness (QED) is 0.677. The zero-order valence-corrected chi connectivity index (χ0v) is 16.1. The lowest BCUT2D eigenvalue weighted by Gasteiger charge is -2.34. The average Bonchev–Trinajstić information content (AvgIpc) is 3.36. The van der Waals surface area contributed by atoms with Crippen molar-refractivity contribution >= 4 is 17.4 Å². The zero-order chi connectivity index (χ0) is 18.6. The van der Waals surface area contributed by atoms with E-state index in [1.54, 1.807) is 0 Å². The van der Waals surface area contributed by atoms with E-state index in [1.807, 2.05) is 42.4 Å². The second-order valence-corrected chi connectivity index (χ2v) is 7.39. The van der Waals surface area contributed by atoms with Crippen LogP contribution in [0.1, 0.15) is 15.4 Å². The molecule has 0 N–H and O–H groups in total. The number of imidazole rings is 1. The van der Waals surface area contributed by atoms with E-state index in [1.165, 1.54) is 11.5 Å². The number of hydrogen-bond donors (Lipinski definition) is 0. The number of hydrogen-bond acceptors (Lipinski definition) is 6. The van der Waals surface area contributed by atoms with Crippen LogP contribution in [0, 0.1) is 6.92 Å². The fourth-order valence-corrected chi connectivity index (χ4v) is 3.96. The Labute approximate surface area is 162 Å². The molecule has 0 spiro atoms. The molecular weight excluding hydrogens is 360 g/mol. The maximum atomic E-state index is 12.6. The smallest absolute Gasteiger partial charge is 0.267 e. The highest BCUT2D eigenvalue weighted by atomic mass is 32.1. The molecule has 27 heavy (non-hydrogen) atoms. The number of carbonyl (C=O) groups is 1. The van der Waals surface area contributed by atoms with Gasteiger partial charge in [-0.25, -0.2) is 4.98 Å². The summed E-state index contributed by atoms with van der Waals surface area (Å²) in [6.45, 7) is 6.91. The third-order valence-electron chi connectivity index (χ3n) is 4.91. The van der Waals surface area contributed by atoms with Crippen molar-refractivity contribution in [3.05, 3.63) is 53.3 Å². The predicted molar refractivity (Wildman–Crippen MR) is 105 cm³/mol. The largest absolute Gasteiger partial charge is 0.335 e. The van der Waals surface area contributed by atoms with Gasteiger partial charge >= 0.3 is 0 Å². The maximum absolute atomic E-state index is 12.6. The third-order valence-corrected chi connectivity index (χ3v) is 5.73. The molecule has 3 heterocycles.